The highest BCUT2D eigenvalue weighted by Crippen LogP contribution is 2.44. The third kappa shape index (κ3) is 6.81. The van der Waals surface area contributed by atoms with Crippen LogP contribution >= 0.6 is 11.6 Å². The molecule has 4 aromatic rings. The van der Waals surface area contributed by atoms with E-state index in [1.54, 1.807) is 24.3 Å². The molecule has 1 aromatic heterocycles. The summed E-state index contributed by atoms with van der Waals surface area (Å²) in [4.78, 5) is 38.6. The van der Waals surface area contributed by atoms with Gasteiger partial charge in [-0.25, -0.2) is 14.5 Å². The third-order valence-electron chi connectivity index (χ3n) is 7.01. The van der Waals surface area contributed by atoms with E-state index in [2.05, 4.69) is 10.1 Å². The number of rotatable bonds is 7. The number of carbonyl (C=O) groups excluding carboxylic acids is 3. The zero-order valence-corrected chi connectivity index (χ0v) is 24.1. The first-order chi connectivity index (χ1) is 20.7. The molecule has 2 aliphatic heterocycles. The summed E-state index contributed by atoms with van der Waals surface area (Å²) in [5.74, 6) is -1.34. The van der Waals surface area contributed by atoms with Crippen LogP contribution in [0.5, 0.6) is 0 Å². The Kier molecular flexibility index (Phi) is 9.27. The maximum Gasteiger partial charge on any atom is 0.338 e. The SMILES string of the molecule is Cc1ccccc1C(=O)Cl.Cc1ccccc1C(=O)OC[C@H]1O[C@@H](n2cnc(C(N)=O)n2)C2OC(c3ccccc3)OC21. The Morgan fingerprint density at radius 1 is 0.860 bits per heavy atom. The van der Waals surface area contributed by atoms with E-state index in [0.29, 0.717) is 11.1 Å². The van der Waals surface area contributed by atoms with Gasteiger partial charge in [0.2, 0.25) is 5.82 Å². The van der Waals surface area contributed by atoms with E-state index in [1.807, 2.05) is 68.4 Å². The number of esters is 1. The van der Waals surface area contributed by atoms with Gasteiger partial charge in [0.1, 0.15) is 31.2 Å². The molecule has 2 N–H and O–H groups in total. The molecule has 5 atom stereocenters. The van der Waals surface area contributed by atoms with Gasteiger partial charge in [-0.3, -0.25) is 9.59 Å². The molecular weight excluding hydrogens is 576 g/mol. The highest BCUT2D eigenvalue weighted by molar-refractivity contribution is 6.67. The summed E-state index contributed by atoms with van der Waals surface area (Å²) in [7, 11) is 0. The average Bonchev–Trinajstić information content (AvgIpc) is 3.73. The number of hydrogen-bond acceptors (Lipinski definition) is 9. The van der Waals surface area contributed by atoms with E-state index in [0.717, 1.165) is 16.7 Å². The van der Waals surface area contributed by atoms with Crippen molar-refractivity contribution in [1.29, 1.82) is 0 Å². The molecule has 1 amide bonds. The lowest BCUT2D eigenvalue weighted by atomic mass is 10.1. The van der Waals surface area contributed by atoms with E-state index in [1.165, 1.54) is 11.0 Å². The number of fused-ring (bicyclic) bond motifs is 1. The molecule has 2 fully saturated rings. The number of aromatic nitrogens is 3. The molecular formula is C31H29ClN4O7. The maximum atomic E-state index is 12.6. The molecule has 3 heterocycles. The van der Waals surface area contributed by atoms with Gasteiger partial charge in [-0.05, 0) is 48.7 Å². The monoisotopic (exact) mass is 604 g/mol. The fourth-order valence-electron chi connectivity index (χ4n) is 4.79. The molecule has 12 heteroatoms. The molecule has 6 rings (SSSR count). The molecule has 3 unspecified atom stereocenters. The maximum absolute atomic E-state index is 12.6. The number of amides is 1. The summed E-state index contributed by atoms with van der Waals surface area (Å²) < 4.78 is 25.3. The lowest BCUT2D eigenvalue weighted by Crippen LogP contribution is -2.32. The van der Waals surface area contributed by atoms with Crippen molar-refractivity contribution in [2.45, 2.75) is 44.7 Å². The molecule has 0 saturated carbocycles. The molecule has 11 nitrogen and oxygen atoms in total. The van der Waals surface area contributed by atoms with Gasteiger partial charge in [0, 0.05) is 11.1 Å². The minimum atomic E-state index is -0.752. The smallest absolute Gasteiger partial charge is 0.338 e. The minimum absolute atomic E-state index is 0.0485. The molecule has 2 saturated heterocycles. The van der Waals surface area contributed by atoms with Gasteiger partial charge in [0.05, 0.1) is 5.56 Å². The average molecular weight is 605 g/mol. The first-order valence-electron chi connectivity index (χ1n) is 13.4. The van der Waals surface area contributed by atoms with Crippen LogP contribution in [-0.2, 0) is 18.9 Å². The van der Waals surface area contributed by atoms with Gasteiger partial charge in [-0.1, -0.05) is 66.7 Å². The zero-order valence-electron chi connectivity index (χ0n) is 23.3. The topological polar surface area (TPSA) is 145 Å². The Morgan fingerprint density at radius 3 is 2.05 bits per heavy atom. The van der Waals surface area contributed by atoms with Crippen molar-refractivity contribution in [2.75, 3.05) is 6.61 Å². The lowest BCUT2D eigenvalue weighted by molar-refractivity contribution is -0.156. The third-order valence-corrected chi connectivity index (χ3v) is 7.21. The van der Waals surface area contributed by atoms with E-state index >= 15 is 0 Å². The normalized spacial score (nSPS) is 22.3. The zero-order chi connectivity index (χ0) is 30.5. The predicted molar refractivity (Wildman–Crippen MR) is 154 cm³/mol. The number of benzene rings is 3. The summed E-state index contributed by atoms with van der Waals surface area (Å²) in [6.45, 7) is 3.65. The Morgan fingerprint density at radius 2 is 1.47 bits per heavy atom. The van der Waals surface area contributed by atoms with Crippen molar-refractivity contribution in [2.24, 2.45) is 5.73 Å². The van der Waals surface area contributed by atoms with Crippen LogP contribution in [0.15, 0.2) is 85.2 Å². The lowest BCUT2D eigenvalue weighted by Gasteiger charge is -2.20. The van der Waals surface area contributed by atoms with Crippen LogP contribution < -0.4 is 5.73 Å². The Hall–Kier alpha value is -4.42. The number of nitrogens with two attached hydrogens (primary N) is 1. The van der Waals surface area contributed by atoms with E-state index in [9.17, 15) is 14.4 Å². The van der Waals surface area contributed by atoms with Crippen LogP contribution in [0, 0.1) is 13.8 Å². The van der Waals surface area contributed by atoms with Crippen LogP contribution in [0.3, 0.4) is 0 Å². The summed E-state index contributed by atoms with van der Waals surface area (Å²) in [6.07, 6.45) is -1.75. The van der Waals surface area contributed by atoms with Gasteiger partial charge in [0.15, 0.2) is 12.5 Å². The second-order valence-corrected chi connectivity index (χ2v) is 10.3. The molecule has 3 aromatic carbocycles. The first kappa shape index (κ1) is 30.1. The molecule has 0 bridgehead atoms. The molecule has 222 valence electrons. The second-order valence-electron chi connectivity index (χ2n) is 9.92. The number of ether oxygens (including phenoxy) is 4. The Balaban J connectivity index is 0.000000314. The largest absolute Gasteiger partial charge is 0.459 e. The second kappa shape index (κ2) is 13.3. The quantitative estimate of drug-likeness (QED) is 0.241. The number of nitrogens with zero attached hydrogens (tertiary/aromatic N) is 3. The molecule has 2 aliphatic rings. The van der Waals surface area contributed by atoms with Crippen LogP contribution in [0.25, 0.3) is 0 Å². The van der Waals surface area contributed by atoms with Gasteiger partial charge in [-0.2, -0.15) is 0 Å². The van der Waals surface area contributed by atoms with Gasteiger partial charge in [-0.15, -0.1) is 5.10 Å². The summed E-state index contributed by atoms with van der Waals surface area (Å²) in [5, 5.41) is 3.71. The summed E-state index contributed by atoms with van der Waals surface area (Å²) >= 11 is 5.27. The number of primary amides is 1. The van der Waals surface area contributed by atoms with Crippen LogP contribution in [0.4, 0.5) is 0 Å². The summed E-state index contributed by atoms with van der Waals surface area (Å²) in [6, 6.07) is 23.9. The van der Waals surface area contributed by atoms with E-state index in [4.69, 9.17) is 36.3 Å². The van der Waals surface area contributed by atoms with Gasteiger partial charge < -0.3 is 24.7 Å². The highest BCUT2D eigenvalue weighted by atomic mass is 35.5. The minimum Gasteiger partial charge on any atom is -0.459 e. The highest BCUT2D eigenvalue weighted by Gasteiger charge is 2.54. The number of aryl methyl sites for hydroxylation is 2. The van der Waals surface area contributed by atoms with Crippen molar-refractivity contribution in [3.05, 3.63) is 119 Å². The number of hydrogen-bond donors (Lipinski definition) is 1. The van der Waals surface area contributed by atoms with Crippen molar-refractivity contribution >= 4 is 28.7 Å². The standard InChI is InChI=1S/C23H22N4O6.C8H7ClO/c1-13-7-5-6-10-15(13)22(29)30-11-16-17-18(33-23(32-17)14-8-3-2-4-9-14)21(31-16)27-12-25-20(26-27)19(24)28;1-6-4-2-3-5-7(6)8(9)10/h2-10,12,16-18,21,23H,11H2,1H3,(H2,24,28);2-5H,1H3/t16-,17?,18?,21-,23?;/m1./s1. The van der Waals surface area contributed by atoms with Gasteiger partial charge in [0.25, 0.3) is 11.1 Å². The van der Waals surface area contributed by atoms with Crippen molar-refractivity contribution in [1.82, 2.24) is 14.8 Å². The van der Waals surface area contributed by atoms with Crippen LogP contribution in [0.1, 0.15) is 60.5 Å². The first-order valence-corrected chi connectivity index (χ1v) is 13.8. The van der Waals surface area contributed by atoms with Crippen molar-refractivity contribution in [3.63, 3.8) is 0 Å². The van der Waals surface area contributed by atoms with Crippen LogP contribution in [-0.4, -0.2) is 56.8 Å². The Bertz CT molecular complexity index is 1610. The van der Waals surface area contributed by atoms with Crippen LogP contribution in [0.2, 0.25) is 0 Å². The summed E-state index contributed by atoms with van der Waals surface area (Å²) in [5.41, 5.74) is 8.93. The fraction of sp³-hybridized carbons (Fsp3) is 0.258. The molecule has 0 aliphatic carbocycles. The number of halogens is 1. The molecule has 0 radical (unpaired) electrons. The number of carbonyl (C=O) groups is 3. The molecule has 43 heavy (non-hydrogen) atoms. The fourth-order valence-corrected chi connectivity index (χ4v) is 5.00. The van der Waals surface area contributed by atoms with E-state index < -0.39 is 47.9 Å². The van der Waals surface area contributed by atoms with E-state index in [-0.39, 0.29) is 12.4 Å². The predicted octanol–water partition coefficient (Wildman–Crippen LogP) is 4.30. The molecule has 0 spiro atoms. The Labute approximate surface area is 252 Å². The van der Waals surface area contributed by atoms with Crippen molar-refractivity contribution < 1.29 is 33.3 Å². The van der Waals surface area contributed by atoms with Crippen molar-refractivity contribution in [3.8, 4) is 0 Å². The van der Waals surface area contributed by atoms with Gasteiger partial charge >= 0.3 is 5.97 Å².